The molecule has 0 aromatic rings. The lowest BCUT2D eigenvalue weighted by molar-refractivity contribution is -0.148. The number of fused-ring (bicyclic) bond motifs is 5. The molecule has 0 saturated heterocycles. The van der Waals surface area contributed by atoms with Gasteiger partial charge in [0.1, 0.15) is 6.10 Å². The number of nitrogens with one attached hydrogen (secondary N) is 1. The Morgan fingerprint density at radius 2 is 1.82 bits per heavy atom. The third-order valence-corrected chi connectivity index (χ3v) is 8.48. The lowest BCUT2D eigenvalue weighted by atomic mass is 9.48. The predicted octanol–water partition coefficient (Wildman–Crippen LogP) is 4.37. The molecule has 3 fully saturated rings. The first-order valence-corrected chi connectivity index (χ1v) is 10.9. The van der Waals surface area contributed by atoms with Crippen molar-refractivity contribution in [2.24, 2.45) is 33.7 Å². The van der Waals surface area contributed by atoms with E-state index in [2.05, 4.69) is 30.5 Å². The van der Waals surface area contributed by atoms with Crippen LogP contribution in [0.15, 0.2) is 16.8 Å². The zero-order chi connectivity index (χ0) is 20.1. The van der Waals surface area contributed by atoms with Gasteiger partial charge in [-0.1, -0.05) is 25.5 Å². The molecule has 0 radical (unpaired) electrons. The zero-order valence-electron chi connectivity index (χ0n) is 17.7. The van der Waals surface area contributed by atoms with E-state index >= 15 is 0 Å². The minimum absolute atomic E-state index is 0.0603. The van der Waals surface area contributed by atoms with Crippen molar-refractivity contribution >= 4 is 17.6 Å². The summed E-state index contributed by atoms with van der Waals surface area (Å²) in [5.41, 5.74) is 5.79. The van der Waals surface area contributed by atoms with Crippen molar-refractivity contribution in [2.45, 2.75) is 85.2 Å². The van der Waals surface area contributed by atoms with Gasteiger partial charge in [0.05, 0.1) is 0 Å². The first-order chi connectivity index (χ1) is 13.2. The fourth-order valence-electron chi connectivity index (χ4n) is 7.08. The normalized spacial score (nSPS) is 43.4. The fraction of sp³-hybridized carbons (Fsp3) is 0.783. The topological polar surface area (TPSA) is 67.8 Å². The minimum Gasteiger partial charge on any atom is -0.462 e. The minimum atomic E-state index is -0.159. The van der Waals surface area contributed by atoms with Gasteiger partial charge in [0.2, 0.25) is 5.91 Å². The Labute approximate surface area is 168 Å². The van der Waals surface area contributed by atoms with Crippen LogP contribution in [0.3, 0.4) is 0 Å². The second-order valence-corrected chi connectivity index (χ2v) is 9.95. The molecular weight excluding hydrogens is 352 g/mol. The van der Waals surface area contributed by atoms with Crippen molar-refractivity contribution in [2.75, 3.05) is 0 Å². The summed E-state index contributed by atoms with van der Waals surface area (Å²) in [6, 6.07) is 0. The Balaban J connectivity index is 1.56. The molecule has 6 atom stereocenters. The van der Waals surface area contributed by atoms with E-state index < -0.39 is 0 Å². The quantitative estimate of drug-likeness (QED) is 0.435. The highest BCUT2D eigenvalue weighted by molar-refractivity contribution is 5.93. The van der Waals surface area contributed by atoms with Gasteiger partial charge in [-0.25, -0.2) is 5.43 Å². The van der Waals surface area contributed by atoms with Crippen molar-refractivity contribution in [3.05, 3.63) is 11.6 Å². The molecule has 5 nitrogen and oxygen atoms in total. The van der Waals surface area contributed by atoms with E-state index in [-0.39, 0.29) is 28.8 Å². The third-order valence-electron chi connectivity index (χ3n) is 8.48. The number of carbonyl (C=O) groups is 2. The van der Waals surface area contributed by atoms with Gasteiger partial charge in [0.15, 0.2) is 0 Å². The summed E-state index contributed by atoms with van der Waals surface area (Å²) in [4.78, 5) is 22.7. The molecule has 1 amide bonds. The van der Waals surface area contributed by atoms with Gasteiger partial charge in [0, 0.05) is 31.4 Å². The number of hydrogen-bond acceptors (Lipinski definition) is 4. The van der Waals surface area contributed by atoms with E-state index in [1.54, 1.807) is 0 Å². The monoisotopic (exact) mass is 386 g/mol. The number of allylic oxidation sites excluding steroid dienone is 1. The van der Waals surface area contributed by atoms with Gasteiger partial charge in [-0.3, -0.25) is 9.59 Å². The van der Waals surface area contributed by atoms with Crippen molar-refractivity contribution < 1.29 is 14.3 Å². The molecule has 3 saturated carbocycles. The molecule has 0 aliphatic heterocycles. The molecule has 28 heavy (non-hydrogen) atoms. The van der Waals surface area contributed by atoms with Crippen molar-refractivity contribution in [1.29, 1.82) is 0 Å². The lowest BCUT2D eigenvalue weighted by Crippen LogP contribution is -2.50. The Morgan fingerprint density at radius 3 is 2.54 bits per heavy atom. The molecule has 0 bridgehead atoms. The molecule has 5 heteroatoms. The second-order valence-electron chi connectivity index (χ2n) is 9.95. The predicted molar refractivity (Wildman–Crippen MR) is 109 cm³/mol. The van der Waals surface area contributed by atoms with Crippen LogP contribution in [0.4, 0.5) is 0 Å². The number of carbonyl (C=O) groups excluding carboxylic acids is 2. The van der Waals surface area contributed by atoms with E-state index in [1.807, 2.05) is 0 Å². The van der Waals surface area contributed by atoms with Crippen LogP contribution in [-0.4, -0.2) is 23.7 Å². The van der Waals surface area contributed by atoms with Crippen molar-refractivity contribution in [3.63, 3.8) is 0 Å². The summed E-state index contributed by atoms with van der Waals surface area (Å²) >= 11 is 0. The highest BCUT2D eigenvalue weighted by Gasteiger charge is 2.58. The van der Waals surface area contributed by atoms with Crippen LogP contribution in [0.5, 0.6) is 0 Å². The number of esters is 1. The van der Waals surface area contributed by atoms with Crippen molar-refractivity contribution in [3.8, 4) is 0 Å². The number of rotatable bonds is 2. The van der Waals surface area contributed by atoms with Crippen LogP contribution in [0.25, 0.3) is 0 Å². The smallest absolute Gasteiger partial charge is 0.302 e. The average molecular weight is 387 g/mol. The van der Waals surface area contributed by atoms with Crippen LogP contribution in [0, 0.1) is 28.6 Å². The van der Waals surface area contributed by atoms with Gasteiger partial charge in [0.25, 0.3) is 0 Å². The zero-order valence-corrected chi connectivity index (χ0v) is 17.7. The number of hydrogen-bond donors (Lipinski definition) is 1. The Kier molecular flexibility index (Phi) is 4.91. The molecular formula is C23H34N2O3. The third kappa shape index (κ3) is 3.11. The number of hydrazone groups is 1. The summed E-state index contributed by atoms with van der Waals surface area (Å²) in [6.45, 7) is 7.88. The van der Waals surface area contributed by atoms with E-state index in [4.69, 9.17) is 4.74 Å². The molecule has 154 valence electrons. The standard InChI is InChI=1S/C23H34N2O3/c1-14(26)24-25-21-8-7-19-18-6-5-16-13-17(28-15(2)27)9-11-22(16,3)20(18)10-12-23(19,21)4/h5,17-20H,6-13H2,1-4H3,(H,24,26)/b25-21+/t17-,18-,19-,20-,22-,23-/m0/s1. The highest BCUT2D eigenvalue weighted by Crippen LogP contribution is 2.64. The maximum absolute atomic E-state index is 11.4. The summed E-state index contributed by atoms with van der Waals surface area (Å²) < 4.78 is 5.54. The molecule has 0 aromatic carbocycles. The second kappa shape index (κ2) is 7.00. The summed E-state index contributed by atoms with van der Waals surface area (Å²) in [6.07, 6.45) is 11.3. The highest BCUT2D eigenvalue weighted by atomic mass is 16.5. The number of nitrogens with zero attached hydrogens (tertiary/aromatic N) is 1. The fourth-order valence-corrected chi connectivity index (χ4v) is 7.08. The molecule has 0 aromatic heterocycles. The van der Waals surface area contributed by atoms with E-state index in [0.717, 1.165) is 38.5 Å². The Morgan fingerprint density at radius 1 is 1.11 bits per heavy atom. The van der Waals surface area contributed by atoms with Gasteiger partial charge < -0.3 is 4.74 Å². The summed E-state index contributed by atoms with van der Waals surface area (Å²) in [5.74, 6) is 1.81. The Bertz CT molecular complexity index is 742. The lowest BCUT2D eigenvalue weighted by Gasteiger charge is -2.57. The first-order valence-electron chi connectivity index (χ1n) is 10.9. The van der Waals surface area contributed by atoms with Gasteiger partial charge >= 0.3 is 5.97 Å². The van der Waals surface area contributed by atoms with Crippen molar-refractivity contribution in [1.82, 2.24) is 5.43 Å². The summed E-state index contributed by atoms with van der Waals surface area (Å²) in [7, 11) is 0. The number of ether oxygens (including phenoxy) is 1. The molecule has 0 unspecified atom stereocenters. The molecule has 4 aliphatic carbocycles. The maximum Gasteiger partial charge on any atom is 0.302 e. The van der Waals surface area contributed by atoms with E-state index in [9.17, 15) is 9.59 Å². The molecule has 0 spiro atoms. The van der Waals surface area contributed by atoms with Gasteiger partial charge in [-0.05, 0) is 68.1 Å². The van der Waals surface area contributed by atoms with Gasteiger partial charge in [-0.2, -0.15) is 5.10 Å². The van der Waals surface area contributed by atoms with Crippen LogP contribution in [-0.2, 0) is 14.3 Å². The Hall–Kier alpha value is -1.65. The molecule has 1 N–H and O–H groups in total. The van der Waals surface area contributed by atoms with Crippen LogP contribution < -0.4 is 5.43 Å². The first kappa shape index (κ1) is 19.7. The van der Waals surface area contributed by atoms with Crippen LogP contribution in [0.2, 0.25) is 0 Å². The summed E-state index contributed by atoms with van der Waals surface area (Å²) in [5, 5.41) is 4.51. The maximum atomic E-state index is 11.4. The molecule has 0 heterocycles. The number of amides is 1. The van der Waals surface area contributed by atoms with Crippen LogP contribution in [0.1, 0.15) is 79.1 Å². The largest absolute Gasteiger partial charge is 0.462 e. The SMILES string of the molecule is CC(=O)N/N=C1\CC[C@H]2[C@@H]3CC=C4C[C@@H](OC(C)=O)CC[C@]4(C)[C@H]3CC[C@]12C. The average Bonchev–Trinajstić information content (AvgIpc) is 2.96. The van der Waals surface area contributed by atoms with E-state index in [1.165, 1.54) is 38.0 Å². The van der Waals surface area contributed by atoms with Crippen LogP contribution >= 0.6 is 0 Å². The molecule has 4 rings (SSSR count). The van der Waals surface area contributed by atoms with Gasteiger partial charge in [-0.15, -0.1) is 0 Å². The molecule has 4 aliphatic rings. The van der Waals surface area contributed by atoms with E-state index in [0.29, 0.717) is 17.8 Å².